The van der Waals surface area contributed by atoms with Crippen molar-refractivity contribution in [3.8, 4) is 0 Å². The molecule has 0 fully saturated rings. The molecule has 94 valence electrons. The summed E-state index contributed by atoms with van der Waals surface area (Å²) in [5.74, 6) is 0. The minimum absolute atomic E-state index is 0.00516. The second-order valence-corrected chi connectivity index (χ2v) is 3.94. The van der Waals surface area contributed by atoms with Crippen LogP contribution in [-0.4, -0.2) is 15.7 Å². The van der Waals surface area contributed by atoms with Crippen molar-refractivity contribution in [2.45, 2.75) is 25.6 Å². The van der Waals surface area contributed by atoms with Crippen molar-refractivity contribution >= 4 is 17.2 Å². The number of pyridine rings is 1. The van der Waals surface area contributed by atoms with E-state index >= 15 is 0 Å². The quantitative estimate of drug-likeness (QED) is 0.844. The molecule has 1 aromatic rings. The van der Waals surface area contributed by atoms with Gasteiger partial charge in [-0.2, -0.15) is 13.2 Å². The molecule has 2 N–H and O–H groups in total. The number of nitrogens with two attached hydrogens (primary N) is 1. The SMILES string of the molecule is NC(=S)c1cccn(CCCC(F)(F)F)c1=O. The zero-order valence-corrected chi connectivity index (χ0v) is 9.64. The molecule has 17 heavy (non-hydrogen) atoms. The Labute approximate surface area is 101 Å². The first-order valence-corrected chi connectivity index (χ1v) is 5.28. The van der Waals surface area contributed by atoms with Crippen LogP contribution in [0.1, 0.15) is 18.4 Å². The number of aromatic nitrogens is 1. The molecule has 0 aromatic carbocycles. The van der Waals surface area contributed by atoms with Gasteiger partial charge in [-0.1, -0.05) is 12.2 Å². The van der Waals surface area contributed by atoms with Crippen LogP contribution >= 0.6 is 12.2 Å². The van der Waals surface area contributed by atoms with Crippen molar-refractivity contribution in [1.29, 1.82) is 0 Å². The Kier molecular flexibility index (Phi) is 4.28. The fourth-order valence-electron chi connectivity index (χ4n) is 1.35. The zero-order valence-electron chi connectivity index (χ0n) is 8.83. The highest BCUT2D eigenvalue weighted by molar-refractivity contribution is 7.80. The Hall–Kier alpha value is -1.37. The van der Waals surface area contributed by atoms with Gasteiger partial charge in [0.1, 0.15) is 4.99 Å². The monoisotopic (exact) mass is 264 g/mol. The lowest BCUT2D eigenvalue weighted by molar-refractivity contribution is -0.135. The van der Waals surface area contributed by atoms with Crippen LogP contribution in [0.4, 0.5) is 13.2 Å². The molecular formula is C10H11F3N2OS. The summed E-state index contributed by atoms with van der Waals surface area (Å²) in [5, 5.41) is 0. The number of halogens is 3. The minimum atomic E-state index is -4.20. The summed E-state index contributed by atoms with van der Waals surface area (Å²) >= 11 is 4.67. The van der Waals surface area contributed by atoms with Gasteiger partial charge in [0, 0.05) is 19.2 Å². The van der Waals surface area contributed by atoms with E-state index in [9.17, 15) is 18.0 Å². The van der Waals surface area contributed by atoms with E-state index in [0.717, 1.165) is 0 Å². The lowest BCUT2D eigenvalue weighted by Gasteiger charge is -2.09. The molecule has 1 heterocycles. The van der Waals surface area contributed by atoms with Gasteiger partial charge in [0.15, 0.2) is 0 Å². The van der Waals surface area contributed by atoms with Gasteiger partial charge in [0.05, 0.1) is 5.56 Å². The number of thiocarbonyl (C=S) groups is 1. The molecule has 1 rings (SSSR count). The summed E-state index contributed by atoms with van der Waals surface area (Å²) in [6.07, 6.45) is -3.86. The topological polar surface area (TPSA) is 48.0 Å². The van der Waals surface area contributed by atoms with E-state index in [2.05, 4.69) is 12.2 Å². The van der Waals surface area contributed by atoms with Crippen LogP contribution in [0.5, 0.6) is 0 Å². The maximum Gasteiger partial charge on any atom is 0.389 e. The van der Waals surface area contributed by atoms with Crippen molar-refractivity contribution in [2.75, 3.05) is 0 Å². The lowest BCUT2D eigenvalue weighted by atomic mass is 10.2. The average molecular weight is 264 g/mol. The van der Waals surface area contributed by atoms with E-state index in [4.69, 9.17) is 5.73 Å². The zero-order chi connectivity index (χ0) is 13.1. The standard InChI is InChI=1S/C10H11F3N2OS/c11-10(12,13)4-2-6-15-5-1-3-7(8(14)17)9(15)16/h1,3,5H,2,4,6H2,(H2,14,17). The highest BCUT2D eigenvalue weighted by atomic mass is 32.1. The summed E-state index contributed by atoms with van der Waals surface area (Å²) in [6.45, 7) is -0.00516. The third kappa shape index (κ3) is 4.18. The minimum Gasteiger partial charge on any atom is -0.389 e. The average Bonchev–Trinajstić information content (AvgIpc) is 2.18. The van der Waals surface area contributed by atoms with E-state index in [1.807, 2.05) is 0 Å². The van der Waals surface area contributed by atoms with E-state index < -0.39 is 18.2 Å². The Morgan fingerprint density at radius 1 is 1.47 bits per heavy atom. The van der Waals surface area contributed by atoms with Gasteiger partial charge < -0.3 is 10.3 Å². The van der Waals surface area contributed by atoms with Crippen LogP contribution in [0.3, 0.4) is 0 Å². The second-order valence-electron chi connectivity index (χ2n) is 3.50. The summed E-state index contributed by atoms with van der Waals surface area (Å²) in [6, 6.07) is 2.98. The lowest BCUT2D eigenvalue weighted by Crippen LogP contribution is -2.28. The van der Waals surface area contributed by atoms with E-state index in [1.165, 1.54) is 22.9 Å². The van der Waals surface area contributed by atoms with Crippen molar-refractivity contribution in [1.82, 2.24) is 4.57 Å². The van der Waals surface area contributed by atoms with E-state index in [0.29, 0.717) is 0 Å². The molecule has 0 aliphatic carbocycles. The van der Waals surface area contributed by atoms with Crippen molar-refractivity contribution in [3.63, 3.8) is 0 Å². The normalized spacial score (nSPS) is 11.5. The van der Waals surface area contributed by atoms with Crippen LogP contribution < -0.4 is 11.3 Å². The highest BCUT2D eigenvalue weighted by Crippen LogP contribution is 2.21. The first-order valence-electron chi connectivity index (χ1n) is 4.87. The Bertz CT molecular complexity index is 467. The molecule has 0 aliphatic heterocycles. The molecule has 0 unspecified atom stereocenters. The van der Waals surface area contributed by atoms with Gasteiger partial charge in [-0.15, -0.1) is 0 Å². The van der Waals surface area contributed by atoms with Crippen LogP contribution in [0.15, 0.2) is 23.1 Å². The number of aryl methyl sites for hydroxylation is 1. The van der Waals surface area contributed by atoms with Crippen molar-refractivity contribution in [2.24, 2.45) is 5.73 Å². The van der Waals surface area contributed by atoms with Crippen molar-refractivity contribution < 1.29 is 13.2 Å². The van der Waals surface area contributed by atoms with E-state index in [1.54, 1.807) is 0 Å². The Morgan fingerprint density at radius 2 is 2.12 bits per heavy atom. The fourth-order valence-corrected chi connectivity index (χ4v) is 1.51. The molecule has 0 bridgehead atoms. The molecule has 1 aromatic heterocycles. The number of rotatable bonds is 4. The predicted molar refractivity (Wildman–Crippen MR) is 61.9 cm³/mol. The van der Waals surface area contributed by atoms with Gasteiger partial charge >= 0.3 is 6.18 Å². The third-order valence-electron chi connectivity index (χ3n) is 2.14. The van der Waals surface area contributed by atoms with Gasteiger partial charge in [0.25, 0.3) is 5.56 Å². The van der Waals surface area contributed by atoms with Crippen LogP contribution in [0, 0.1) is 0 Å². The summed E-state index contributed by atoms with van der Waals surface area (Å²) in [4.78, 5) is 11.6. The Morgan fingerprint density at radius 3 is 2.65 bits per heavy atom. The second kappa shape index (κ2) is 5.31. The first kappa shape index (κ1) is 13.7. The predicted octanol–water partition coefficient (Wildman–Crippen LogP) is 1.82. The highest BCUT2D eigenvalue weighted by Gasteiger charge is 2.26. The maximum absolute atomic E-state index is 11.9. The van der Waals surface area contributed by atoms with Gasteiger partial charge in [-0.3, -0.25) is 4.79 Å². The number of nitrogens with zero attached hydrogens (tertiary/aromatic N) is 1. The molecule has 0 atom stereocenters. The molecule has 7 heteroatoms. The molecule has 0 amide bonds. The first-order chi connectivity index (χ1) is 7.81. The number of hydrogen-bond acceptors (Lipinski definition) is 2. The van der Waals surface area contributed by atoms with Crippen molar-refractivity contribution in [3.05, 3.63) is 34.2 Å². The Balaban J connectivity index is 2.76. The molecule has 0 aliphatic rings. The summed E-state index contributed by atoms with van der Waals surface area (Å²) in [7, 11) is 0. The summed E-state index contributed by atoms with van der Waals surface area (Å²) in [5.41, 5.74) is 5.01. The van der Waals surface area contributed by atoms with Gasteiger partial charge in [-0.25, -0.2) is 0 Å². The molecule has 3 nitrogen and oxygen atoms in total. The van der Waals surface area contributed by atoms with E-state index in [-0.39, 0.29) is 23.5 Å². The molecule has 0 spiro atoms. The van der Waals surface area contributed by atoms with Crippen LogP contribution in [0.2, 0.25) is 0 Å². The maximum atomic E-state index is 11.9. The largest absolute Gasteiger partial charge is 0.389 e. The fraction of sp³-hybridized carbons (Fsp3) is 0.400. The number of alkyl halides is 3. The van der Waals surface area contributed by atoms with Gasteiger partial charge in [-0.05, 0) is 18.6 Å². The summed E-state index contributed by atoms with van der Waals surface area (Å²) < 4.78 is 37.0. The third-order valence-corrected chi connectivity index (χ3v) is 2.36. The van der Waals surface area contributed by atoms with Crippen LogP contribution in [-0.2, 0) is 6.54 Å². The smallest absolute Gasteiger partial charge is 0.389 e. The molecule has 0 saturated heterocycles. The molecule has 0 saturated carbocycles. The van der Waals surface area contributed by atoms with Crippen LogP contribution in [0.25, 0.3) is 0 Å². The molecular weight excluding hydrogens is 253 g/mol. The van der Waals surface area contributed by atoms with Gasteiger partial charge in [0.2, 0.25) is 0 Å². The molecule has 0 radical (unpaired) electrons. The number of hydrogen-bond donors (Lipinski definition) is 1.